The average Bonchev–Trinajstić information content (AvgIpc) is 3.43. The molecular formula is C21H10Cl3N3O2S. The van der Waals surface area contributed by atoms with E-state index < -0.39 is 0 Å². The molecule has 5 nitrogen and oxygen atoms in total. The topological polar surface area (TPSA) is 60.4 Å². The van der Waals surface area contributed by atoms with Gasteiger partial charge in [0.2, 0.25) is 4.96 Å². The lowest BCUT2D eigenvalue weighted by Crippen LogP contribution is -2.23. The molecule has 0 aliphatic rings. The highest BCUT2D eigenvalue weighted by atomic mass is 35.5. The zero-order valence-corrected chi connectivity index (χ0v) is 18.1. The Labute approximate surface area is 188 Å². The number of hydrogen-bond acceptors (Lipinski definition) is 5. The maximum Gasteiger partial charge on any atom is 0.291 e. The lowest BCUT2D eigenvalue weighted by atomic mass is 10.2. The van der Waals surface area contributed by atoms with E-state index in [2.05, 4.69) is 10.1 Å². The van der Waals surface area contributed by atoms with Crippen LogP contribution in [0.5, 0.6) is 0 Å². The van der Waals surface area contributed by atoms with E-state index in [-0.39, 0.29) is 5.56 Å². The van der Waals surface area contributed by atoms with Gasteiger partial charge in [0.05, 0.1) is 10.0 Å². The van der Waals surface area contributed by atoms with Crippen molar-refractivity contribution < 1.29 is 4.42 Å². The maximum atomic E-state index is 12.7. The van der Waals surface area contributed by atoms with Crippen molar-refractivity contribution in [1.82, 2.24) is 14.6 Å². The number of halogens is 3. The van der Waals surface area contributed by atoms with Crippen LogP contribution < -0.4 is 10.1 Å². The molecule has 0 aliphatic carbocycles. The lowest BCUT2D eigenvalue weighted by Gasteiger charge is -1.99. The second-order valence-electron chi connectivity index (χ2n) is 6.38. The van der Waals surface area contributed by atoms with Crippen molar-refractivity contribution >= 4 is 57.2 Å². The summed E-state index contributed by atoms with van der Waals surface area (Å²) >= 11 is 19.2. The molecule has 0 N–H and O–H groups in total. The predicted molar refractivity (Wildman–Crippen MR) is 121 cm³/mol. The fourth-order valence-corrected chi connectivity index (χ4v) is 4.23. The smallest absolute Gasteiger partial charge is 0.291 e. The second-order valence-corrected chi connectivity index (χ2v) is 8.64. The molecule has 0 saturated heterocycles. The number of furan rings is 1. The van der Waals surface area contributed by atoms with Crippen molar-refractivity contribution in [2.75, 3.05) is 0 Å². The van der Waals surface area contributed by atoms with Gasteiger partial charge in [0, 0.05) is 22.2 Å². The zero-order chi connectivity index (χ0) is 20.8. The summed E-state index contributed by atoms with van der Waals surface area (Å²) in [7, 11) is 0. The maximum absolute atomic E-state index is 12.7. The Kier molecular flexibility index (Phi) is 4.87. The standard InChI is InChI=1S/C21H10Cl3N3O2S/c22-13-4-1-11(2-5-13)19-25-21-27(26-19)20(28)18(30-21)10-14-6-8-17(29-14)12-3-7-15(23)16(24)9-12/h1-10H. The number of rotatable bonds is 3. The fourth-order valence-electron chi connectivity index (χ4n) is 2.92. The highest BCUT2D eigenvalue weighted by molar-refractivity contribution is 7.15. The third kappa shape index (κ3) is 3.52. The fraction of sp³-hybridized carbons (Fsp3) is 0. The molecule has 30 heavy (non-hydrogen) atoms. The molecule has 9 heteroatoms. The van der Waals surface area contributed by atoms with Crippen LogP contribution in [-0.4, -0.2) is 14.6 Å². The van der Waals surface area contributed by atoms with E-state index in [1.54, 1.807) is 36.4 Å². The summed E-state index contributed by atoms with van der Waals surface area (Å²) in [5.41, 5.74) is 1.33. The summed E-state index contributed by atoms with van der Waals surface area (Å²) in [6.45, 7) is 0. The van der Waals surface area contributed by atoms with Crippen LogP contribution in [0.3, 0.4) is 0 Å². The van der Waals surface area contributed by atoms with Crippen molar-refractivity contribution in [2.24, 2.45) is 0 Å². The van der Waals surface area contributed by atoms with Crippen molar-refractivity contribution in [2.45, 2.75) is 0 Å². The molecule has 0 bridgehead atoms. The van der Waals surface area contributed by atoms with E-state index >= 15 is 0 Å². The van der Waals surface area contributed by atoms with Gasteiger partial charge in [0.15, 0.2) is 5.82 Å². The van der Waals surface area contributed by atoms with Crippen LogP contribution in [0.25, 0.3) is 33.7 Å². The minimum atomic E-state index is -0.254. The van der Waals surface area contributed by atoms with Gasteiger partial charge in [-0.1, -0.05) is 46.1 Å². The quantitative estimate of drug-likeness (QED) is 0.342. The van der Waals surface area contributed by atoms with Crippen LogP contribution in [0.4, 0.5) is 0 Å². The molecule has 148 valence electrons. The van der Waals surface area contributed by atoms with Crippen molar-refractivity contribution in [3.63, 3.8) is 0 Å². The number of nitrogens with zero attached hydrogens (tertiary/aromatic N) is 3. The van der Waals surface area contributed by atoms with Gasteiger partial charge in [-0.3, -0.25) is 4.79 Å². The molecule has 3 aromatic heterocycles. The molecule has 0 spiro atoms. The van der Waals surface area contributed by atoms with Crippen LogP contribution >= 0.6 is 46.1 Å². The Morgan fingerprint density at radius 1 is 0.933 bits per heavy atom. The summed E-state index contributed by atoms with van der Waals surface area (Å²) in [4.78, 5) is 17.7. The highest BCUT2D eigenvalue weighted by Gasteiger charge is 2.13. The number of aromatic nitrogens is 3. The molecule has 0 radical (unpaired) electrons. The van der Waals surface area contributed by atoms with Crippen LogP contribution in [0.2, 0.25) is 15.1 Å². The van der Waals surface area contributed by atoms with Gasteiger partial charge in [-0.15, -0.1) is 5.10 Å². The molecule has 3 heterocycles. The van der Waals surface area contributed by atoms with Crippen molar-refractivity contribution in [1.29, 1.82) is 0 Å². The molecule has 0 fully saturated rings. The molecule has 0 aliphatic heterocycles. The summed E-state index contributed by atoms with van der Waals surface area (Å²) in [6, 6.07) is 16.0. The molecule has 0 amide bonds. The largest absolute Gasteiger partial charge is 0.457 e. The van der Waals surface area contributed by atoms with Gasteiger partial charge in [-0.25, -0.2) is 0 Å². The monoisotopic (exact) mass is 473 g/mol. The normalized spacial score (nSPS) is 12.2. The first-order valence-electron chi connectivity index (χ1n) is 8.70. The second kappa shape index (κ2) is 7.56. The third-order valence-corrected chi connectivity index (χ3v) is 6.34. The van der Waals surface area contributed by atoms with Gasteiger partial charge in [-0.2, -0.15) is 9.50 Å². The van der Waals surface area contributed by atoms with E-state index in [0.29, 0.717) is 41.9 Å². The first-order valence-corrected chi connectivity index (χ1v) is 10.7. The van der Waals surface area contributed by atoms with Crippen molar-refractivity contribution in [3.05, 3.63) is 90.3 Å². The number of fused-ring (bicyclic) bond motifs is 1. The molecule has 0 atom stereocenters. The minimum absolute atomic E-state index is 0.254. The number of hydrogen-bond donors (Lipinski definition) is 0. The van der Waals surface area contributed by atoms with E-state index in [9.17, 15) is 4.79 Å². The predicted octanol–water partition coefficient (Wildman–Crippen LogP) is 5.59. The highest BCUT2D eigenvalue weighted by Crippen LogP contribution is 2.29. The molecular weight excluding hydrogens is 465 g/mol. The van der Waals surface area contributed by atoms with Gasteiger partial charge >= 0.3 is 0 Å². The Morgan fingerprint density at radius 2 is 1.70 bits per heavy atom. The summed E-state index contributed by atoms with van der Waals surface area (Å²) in [5.74, 6) is 1.63. The zero-order valence-electron chi connectivity index (χ0n) is 15.0. The SMILES string of the molecule is O=c1c(=Cc2ccc(-c3ccc(Cl)c(Cl)c3)o2)sc2nc(-c3ccc(Cl)cc3)nn12. The molecule has 2 aromatic carbocycles. The first-order chi connectivity index (χ1) is 14.5. The van der Waals surface area contributed by atoms with E-state index in [1.807, 2.05) is 24.3 Å². The summed E-state index contributed by atoms with van der Waals surface area (Å²) in [6.07, 6.45) is 1.67. The Hall–Kier alpha value is -2.64. The Morgan fingerprint density at radius 3 is 2.43 bits per heavy atom. The van der Waals surface area contributed by atoms with Crippen molar-refractivity contribution in [3.8, 4) is 22.7 Å². The van der Waals surface area contributed by atoms with Gasteiger partial charge in [0.1, 0.15) is 16.1 Å². The molecule has 5 rings (SSSR count). The summed E-state index contributed by atoms with van der Waals surface area (Å²) in [5, 5.41) is 5.87. The molecule has 0 saturated carbocycles. The van der Waals surface area contributed by atoms with Gasteiger partial charge in [0.25, 0.3) is 5.56 Å². The van der Waals surface area contributed by atoms with E-state index in [0.717, 1.165) is 11.1 Å². The van der Waals surface area contributed by atoms with Gasteiger partial charge < -0.3 is 4.42 Å². The summed E-state index contributed by atoms with van der Waals surface area (Å²) < 4.78 is 7.62. The Balaban J connectivity index is 1.50. The van der Waals surface area contributed by atoms with E-state index in [1.165, 1.54) is 15.9 Å². The minimum Gasteiger partial charge on any atom is -0.457 e. The van der Waals surface area contributed by atoms with E-state index in [4.69, 9.17) is 39.2 Å². The number of benzene rings is 2. The molecule has 0 unspecified atom stereocenters. The third-order valence-electron chi connectivity index (χ3n) is 4.39. The lowest BCUT2D eigenvalue weighted by molar-refractivity contribution is 0.571. The average molecular weight is 475 g/mol. The van der Waals surface area contributed by atoms with Crippen LogP contribution in [-0.2, 0) is 0 Å². The van der Waals surface area contributed by atoms with Crippen LogP contribution in [0, 0.1) is 0 Å². The van der Waals surface area contributed by atoms with Crippen LogP contribution in [0.15, 0.2) is 63.8 Å². The Bertz CT molecular complexity index is 1500. The number of thiazole rings is 1. The van der Waals surface area contributed by atoms with Gasteiger partial charge in [-0.05, 0) is 54.6 Å². The molecule has 5 aromatic rings. The first kappa shape index (κ1) is 19.3. The van der Waals surface area contributed by atoms with Crippen LogP contribution in [0.1, 0.15) is 5.76 Å².